The van der Waals surface area contributed by atoms with Crippen LogP contribution in [0, 0.1) is 11.8 Å². The van der Waals surface area contributed by atoms with Gasteiger partial charge in [0.05, 0.1) is 25.0 Å². The smallest absolute Gasteiger partial charge is 0.148 e. The number of hydrogen-bond acceptors (Lipinski definition) is 5. The quantitative estimate of drug-likeness (QED) is 0.633. The molecule has 1 aromatic rings. The Hall–Kier alpha value is -1.16. The lowest BCUT2D eigenvalue weighted by molar-refractivity contribution is 0.413. The van der Waals surface area contributed by atoms with E-state index in [1.165, 1.54) is 6.26 Å². The van der Waals surface area contributed by atoms with Gasteiger partial charge in [0, 0.05) is 17.8 Å². The molecule has 0 fully saturated rings. The number of nitrogens with two attached hydrogens (primary N) is 1. The van der Waals surface area contributed by atoms with Crippen LogP contribution in [0.2, 0.25) is 0 Å². The Morgan fingerprint density at radius 1 is 1.40 bits per heavy atom. The number of methoxy groups -OCH3 is 1. The van der Waals surface area contributed by atoms with Gasteiger partial charge in [-0.1, -0.05) is 17.9 Å². The van der Waals surface area contributed by atoms with E-state index >= 15 is 0 Å². The summed E-state index contributed by atoms with van der Waals surface area (Å²) in [6.07, 6.45) is 1.25. The zero-order valence-electron chi connectivity index (χ0n) is 11.7. The Labute approximate surface area is 125 Å². The molecule has 0 bridgehead atoms. The number of ether oxygens (including phenoxy) is 1. The summed E-state index contributed by atoms with van der Waals surface area (Å²) >= 11 is 1.59. The minimum atomic E-state index is -2.89. The molecule has 0 saturated carbocycles. The van der Waals surface area contributed by atoms with Crippen molar-refractivity contribution in [3.8, 4) is 17.6 Å². The summed E-state index contributed by atoms with van der Waals surface area (Å²) in [6.45, 7) is 0.302. The third-order valence-corrected chi connectivity index (χ3v) is 4.69. The molecule has 1 aromatic carbocycles. The minimum Gasteiger partial charge on any atom is -0.495 e. The molecule has 110 valence electrons. The molecule has 0 atom stereocenters. The third kappa shape index (κ3) is 6.33. The van der Waals surface area contributed by atoms with Crippen molar-refractivity contribution in [2.75, 3.05) is 31.4 Å². The van der Waals surface area contributed by atoms with Gasteiger partial charge in [0.1, 0.15) is 15.6 Å². The molecule has 0 spiro atoms. The molecule has 0 unspecified atom stereocenters. The van der Waals surface area contributed by atoms with Gasteiger partial charge < -0.3 is 10.5 Å². The first-order valence-electron chi connectivity index (χ1n) is 6.07. The van der Waals surface area contributed by atoms with E-state index in [1.807, 2.05) is 18.2 Å². The van der Waals surface area contributed by atoms with Crippen molar-refractivity contribution < 1.29 is 13.2 Å². The minimum absolute atomic E-state index is 0.202. The number of rotatable bonds is 6. The Morgan fingerprint density at radius 2 is 2.15 bits per heavy atom. The van der Waals surface area contributed by atoms with Gasteiger partial charge in [0.15, 0.2) is 0 Å². The monoisotopic (exact) mass is 313 g/mol. The van der Waals surface area contributed by atoms with Crippen LogP contribution in [-0.4, -0.2) is 39.8 Å². The maximum atomic E-state index is 11.0. The van der Waals surface area contributed by atoms with Crippen LogP contribution in [0.25, 0.3) is 0 Å². The highest BCUT2D eigenvalue weighted by Crippen LogP contribution is 2.21. The molecule has 0 aliphatic heterocycles. The fraction of sp³-hybridized carbons (Fsp3) is 0.429. The first kappa shape index (κ1) is 16.9. The molecule has 0 amide bonds. The van der Waals surface area contributed by atoms with Crippen molar-refractivity contribution in [3.63, 3.8) is 0 Å². The lowest BCUT2D eigenvalue weighted by Crippen LogP contribution is -2.05. The number of benzene rings is 1. The summed E-state index contributed by atoms with van der Waals surface area (Å²) in [7, 11) is -1.29. The van der Waals surface area contributed by atoms with Crippen LogP contribution in [0.5, 0.6) is 5.75 Å². The molecule has 1 rings (SSSR count). The van der Waals surface area contributed by atoms with E-state index in [-0.39, 0.29) is 5.75 Å². The van der Waals surface area contributed by atoms with Gasteiger partial charge in [-0.3, -0.25) is 0 Å². The van der Waals surface area contributed by atoms with E-state index in [1.54, 1.807) is 18.9 Å². The first-order valence-corrected chi connectivity index (χ1v) is 9.29. The molecule has 6 heteroatoms. The van der Waals surface area contributed by atoms with Gasteiger partial charge in [-0.2, -0.15) is 11.8 Å². The largest absolute Gasteiger partial charge is 0.495 e. The highest BCUT2D eigenvalue weighted by Gasteiger charge is 2.04. The van der Waals surface area contributed by atoms with E-state index in [4.69, 9.17) is 10.5 Å². The molecule has 0 saturated heterocycles. The van der Waals surface area contributed by atoms with E-state index in [0.717, 1.165) is 22.6 Å². The lowest BCUT2D eigenvalue weighted by Gasteiger charge is -2.06. The molecule has 2 N–H and O–H groups in total. The SMILES string of the molecule is COc1ccc(CSCCS(C)(=O)=O)cc1C#CCN. The zero-order valence-corrected chi connectivity index (χ0v) is 13.3. The Morgan fingerprint density at radius 3 is 2.75 bits per heavy atom. The zero-order chi connectivity index (χ0) is 15.0. The Kier molecular flexibility index (Phi) is 6.93. The average molecular weight is 313 g/mol. The van der Waals surface area contributed by atoms with Crippen molar-refractivity contribution >= 4 is 21.6 Å². The summed E-state index contributed by atoms with van der Waals surface area (Å²) < 4.78 is 27.3. The Balaban J connectivity index is 2.67. The molecule has 20 heavy (non-hydrogen) atoms. The van der Waals surface area contributed by atoms with Crippen LogP contribution < -0.4 is 10.5 Å². The van der Waals surface area contributed by atoms with Crippen molar-refractivity contribution in [1.82, 2.24) is 0 Å². The molecule has 0 aromatic heterocycles. The van der Waals surface area contributed by atoms with E-state index < -0.39 is 9.84 Å². The predicted octanol–water partition coefficient (Wildman–Crippen LogP) is 1.28. The van der Waals surface area contributed by atoms with Gasteiger partial charge in [0.2, 0.25) is 0 Å². The molecule has 0 aliphatic carbocycles. The summed E-state index contributed by atoms with van der Waals surface area (Å²) in [4.78, 5) is 0. The lowest BCUT2D eigenvalue weighted by atomic mass is 10.1. The molecular formula is C14H19NO3S2. The molecular weight excluding hydrogens is 294 g/mol. The standard InChI is InChI=1S/C14H19NO3S2/c1-18-14-6-5-12(10-13(14)4-3-7-15)11-19-8-9-20(2,16)17/h5-6,10H,7-9,11,15H2,1-2H3. The number of hydrogen-bond donors (Lipinski definition) is 1. The molecule has 4 nitrogen and oxygen atoms in total. The van der Waals surface area contributed by atoms with Gasteiger partial charge in [0.25, 0.3) is 0 Å². The van der Waals surface area contributed by atoms with Gasteiger partial charge in [-0.05, 0) is 17.7 Å². The van der Waals surface area contributed by atoms with Gasteiger partial charge in [-0.25, -0.2) is 8.42 Å². The second-order valence-electron chi connectivity index (χ2n) is 4.22. The van der Waals surface area contributed by atoms with Crippen molar-refractivity contribution in [1.29, 1.82) is 0 Å². The third-order valence-electron chi connectivity index (χ3n) is 2.46. The summed E-state index contributed by atoms with van der Waals surface area (Å²) in [5.41, 5.74) is 7.26. The number of sulfone groups is 1. The van der Waals surface area contributed by atoms with E-state index in [0.29, 0.717) is 12.3 Å². The van der Waals surface area contributed by atoms with E-state index in [9.17, 15) is 8.42 Å². The molecule has 0 heterocycles. The van der Waals surface area contributed by atoms with Crippen LogP contribution in [0.1, 0.15) is 11.1 Å². The second kappa shape index (κ2) is 8.20. The predicted molar refractivity (Wildman–Crippen MR) is 84.8 cm³/mol. The summed E-state index contributed by atoms with van der Waals surface area (Å²) in [5, 5.41) is 0. The normalized spacial score (nSPS) is 10.8. The average Bonchev–Trinajstić information content (AvgIpc) is 2.40. The van der Waals surface area contributed by atoms with Crippen LogP contribution >= 0.6 is 11.8 Å². The van der Waals surface area contributed by atoms with Crippen molar-refractivity contribution in [3.05, 3.63) is 29.3 Å². The van der Waals surface area contributed by atoms with Crippen LogP contribution in [-0.2, 0) is 15.6 Å². The summed E-state index contributed by atoms with van der Waals surface area (Å²) in [5.74, 6) is 8.04. The van der Waals surface area contributed by atoms with Gasteiger partial charge >= 0.3 is 0 Å². The highest BCUT2D eigenvalue weighted by molar-refractivity contribution is 7.99. The van der Waals surface area contributed by atoms with Crippen LogP contribution in [0.15, 0.2) is 18.2 Å². The fourth-order valence-corrected chi connectivity index (χ4v) is 3.73. The second-order valence-corrected chi connectivity index (χ2v) is 7.59. The number of thioether (sulfide) groups is 1. The maximum absolute atomic E-state index is 11.0. The first-order chi connectivity index (χ1) is 9.46. The summed E-state index contributed by atoms with van der Waals surface area (Å²) in [6, 6.07) is 5.78. The van der Waals surface area contributed by atoms with Crippen molar-refractivity contribution in [2.24, 2.45) is 5.73 Å². The maximum Gasteiger partial charge on any atom is 0.148 e. The molecule has 0 radical (unpaired) electrons. The van der Waals surface area contributed by atoms with Gasteiger partial charge in [-0.15, -0.1) is 0 Å². The van der Waals surface area contributed by atoms with Crippen LogP contribution in [0.3, 0.4) is 0 Å². The van der Waals surface area contributed by atoms with Crippen LogP contribution in [0.4, 0.5) is 0 Å². The highest BCUT2D eigenvalue weighted by atomic mass is 32.2. The molecule has 0 aliphatic rings. The van der Waals surface area contributed by atoms with E-state index in [2.05, 4.69) is 11.8 Å². The van der Waals surface area contributed by atoms with Crippen molar-refractivity contribution in [2.45, 2.75) is 5.75 Å². The topological polar surface area (TPSA) is 69.4 Å². The Bertz CT molecular complexity index is 601. The fourth-order valence-electron chi connectivity index (χ4n) is 1.49.